The SMILES string of the molecule is Cc1ccc(CN(C)Cc2cccc(OCc3ccccn3)c2)o1. The quantitative estimate of drug-likeness (QED) is 0.653. The number of aromatic nitrogens is 1. The minimum atomic E-state index is 0.478. The van der Waals surface area contributed by atoms with Gasteiger partial charge in [0.2, 0.25) is 0 Å². The normalized spacial score (nSPS) is 11.0. The Labute approximate surface area is 142 Å². The second-order valence-corrected chi connectivity index (χ2v) is 5.94. The molecule has 0 spiro atoms. The highest BCUT2D eigenvalue weighted by Gasteiger charge is 2.06. The van der Waals surface area contributed by atoms with Crippen LogP contribution in [0, 0.1) is 6.92 Å². The lowest BCUT2D eigenvalue weighted by Crippen LogP contribution is -2.16. The Kier molecular flexibility index (Phi) is 5.29. The van der Waals surface area contributed by atoms with Gasteiger partial charge >= 0.3 is 0 Å². The van der Waals surface area contributed by atoms with Gasteiger partial charge in [-0.1, -0.05) is 18.2 Å². The summed E-state index contributed by atoms with van der Waals surface area (Å²) in [6.45, 7) is 4.06. The molecule has 0 fully saturated rings. The lowest BCUT2D eigenvalue weighted by Gasteiger charge is -2.16. The van der Waals surface area contributed by atoms with E-state index in [-0.39, 0.29) is 0 Å². The molecule has 24 heavy (non-hydrogen) atoms. The molecule has 0 saturated heterocycles. The van der Waals surface area contributed by atoms with Crippen LogP contribution < -0.4 is 4.74 Å². The Morgan fingerprint density at radius 1 is 1.04 bits per heavy atom. The van der Waals surface area contributed by atoms with E-state index in [2.05, 4.69) is 29.1 Å². The van der Waals surface area contributed by atoms with E-state index in [1.54, 1.807) is 6.20 Å². The lowest BCUT2D eigenvalue weighted by atomic mass is 10.2. The van der Waals surface area contributed by atoms with E-state index in [9.17, 15) is 0 Å². The highest BCUT2D eigenvalue weighted by atomic mass is 16.5. The predicted molar refractivity (Wildman–Crippen MR) is 93.6 cm³/mol. The van der Waals surface area contributed by atoms with Crippen molar-refractivity contribution >= 4 is 0 Å². The van der Waals surface area contributed by atoms with Crippen molar-refractivity contribution in [2.45, 2.75) is 26.6 Å². The average Bonchev–Trinajstić information content (AvgIpc) is 2.99. The first kappa shape index (κ1) is 16.3. The third kappa shape index (κ3) is 4.70. The zero-order valence-electron chi connectivity index (χ0n) is 14.1. The van der Waals surface area contributed by atoms with Crippen molar-refractivity contribution in [3.8, 4) is 5.75 Å². The van der Waals surface area contributed by atoms with E-state index in [0.29, 0.717) is 6.61 Å². The average molecular weight is 322 g/mol. The Bertz CT molecular complexity index is 768. The van der Waals surface area contributed by atoms with E-state index >= 15 is 0 Å². The fourth-order valence-electron chi connectivity index (χ4n) is 2.58. The van der Waals surface area contributed by atoms with Crippen LogP contribution in [-0.4, -0.2) is 16.9 Å². The molecule has 4 heteroatoms. The minimum absolute atomic E-state index is 0.478. The largest absolute Gasteiger partial charge is 0.487 e. The highest BCUT2D eigenvalue weighted by molar-refractivity contribution is 5.28. The van der Waals surface area contributed by atoms with Crippen molar-refractivity contribution in [2.24, 2.45) is 0 Å². The first-order valence-corrected chi connectivity index (χ1v) is 8.04. The van der Waals surface area contributed by atoms with Gasteiger partial charge in [-0.2, -0.15) is 0 Å². The maximum absolute atomic E-state index is 5.84. The summed E-state index contributed by atoms with van der Waals surface area (Å²) in [5, 5.41) is 0. The Morgan fingerprint density at radius 3 is 2.71 bits per heavy atom. The fourth-order valence-corrected chi connectivity index (χ4v) is 2.58. The molecular weight excluding hydrogens is 300 g/mol. The summed E-state index contributed by atoms with van der Waals surface area (Å²) in [6.07, 6.45) is 1.78. The number of benzene rings is 1. The van der Waals surface area contributed by atoms with Gasteiger partial charge in [0, 0.05) is 12.7 Å². The molecule has 0 aliphatic rings. The van der Waals surface area contributed by atoms with Crippen molar-refractivity contribution in [3.05, 3.63) is 83.6 Å². The van der Waals surface area contributed by atoms with Gasteiger partial charge in [-0.05, 0) is 55.9 Å². The summed E-state index contributed by atoms with van der Waals surface area (Å²) in [4.78, 5) is 6.49. The zero-order valence-corrected chi connectivity index (χ0v) is 14.1. The van der Waals surface area contributed by atoms with Crippen LogP contribution in [0.25, 0.3) is 0 Å². The Morgan fingerprint density at radius 2 is 1.96 bits per heavy atom. The Hall–Kier alpha value is -2.59. The number of rotatable bonds is 7. The predicted octanol–water partition coefficient (Wildman–Crippen LogP) is 4.19. The summed E-state index contributed by atoms with van der Waals surface area (Å²) < 4.78 is 11.5. The van der Waals surface area contributed by atoms with Gasteiger partial charge in [0.05, 0.1) is 12.2 Å². The Balaban J connectivity index is 1.56. The van der Waals surface area contributed by atoms with Gasteiger partial charge in [0.25, 0.3) is 0 Å². The molecule has 0 N–H and O–H groups in total. The summed E-state index contributed by atoms with van der Waals surface area (Å²) >= 11 is 0. The topological polar surface area (TPSA) is 38.5 Å². The zero-order chi connectivity index (χ0) is 16.8. The van der Waals surface area contributed by atoms with Crippen LogP contribution in [0.2, 0.25) is 0 Å². The third-order valence-corrected chi connectivity index (χ3v) is 3.69. The molecular formula is C20H22N2O2. The third-order valence-electron chi connectivity index (χ3n) is 3.69. The van der Waals surface area contributed by atoms with Crippen LogP contribution in [-0.2, 0) is 19.7 Å². The first-order valence-electron chi connectivity index (χ1n) is 8.04. The van der Waals surface area contributed by atoms with Gasteiger partial charge in [-0.15, -0.1) is 0 Å². The van der Waals surface area contributed by atoms with Crippen LogP contribution in [0.15, 0.2) is 65.2 Å². The number of nitrogens with zero attached hydrogens (tertiary/aromatic N) is 2. The van der Waals surface area contributed by atoms with Crippen LogP contribution in [0.5, 0.6) is 5.75 Å². The molecule has 4 nitrogen and oxygen atoms in total. The summed E-state index contributed by atoms with van der Waals surface area (Å²) in [5.41, 5.74) is 2.13. The van der Waals surface area contributed by atoms with Gasteiger partial charge in [0.15, 0.2) is 0 Å². The highest BCUT2D eigenvalue weighted by Crippen LogP contribution is 2.17. The molecule has 3 rings (SSSR count). The van der Waals surface area contributed by atoms with Gasteiger partial charge in [0.1, 0.15) is 23.9 Å². The van der Waals surface area contributed by atoms with E-state index in [0.717, 1.165) is 36.1 Å². The fraction of sp³-hybridized carbons (Fsp3) is 0.250. The number of pyridine rings is 1. The summed E-state index contributed by atoms with van der Waals surface area (Å²) in [6, 6.07) is 18.0. The molecule has 0 aliphatic carbocycles. The van der Waals surface area contributed by atoms with Gasteiger partial charge < -0.3 is 9.15 Å². The van der Waals surface area contributed by atoms with E-state index in [1.807, 2.05) is 49.4 Å². The van der Waals surface area contributed by atoms with E-state index < -0.39 is 0 Å². The molecule has 0 radical (unpaired) electrons. The van der Waals surface area contributed by atoms with Crippen molar-refractivity contribution in [3.63, 3.8) is 0 Å². The number of ether oxygens (including phenoxy) is 1. The molecule has 2 heterocycles. The van der Waals surface area contributed by atoms with Crippen LogP contribution >= 0.6 is 0 Å². The molecule has 0 unspecified atom stereocenters. The lowest BCUT2D eigenvalue weighted by molar-refractivity contribution is 0.282. The summed E-state index contributed by atoms with van der Waals surface area (Å²) in [7, 11) is 2.08. The maximum Gasteiger partial charge on any atom is 0.130 e. The first-order chi connectivity index (χ1) is 11.7. The van der Waals surface area contributed by atoms with Crippen molar-refractivity contribution < 1.29 is 9.15 Å². The van der Waals surface area contributed by atoms with Crippen LogP contribution in [0.4, 0.5) is 0 Å². The van der Waals surface area contributed by atoms with E-state index in [4.69, 9.17) is 9.15 Å². The second-order valence-electron chi connectivity index (χ2n) is 5.94. The smallest absolute Gasteiger partial charge is 0.130 e. The second kappa shape index (κ2) is 7.79. The molecule has 0 atom stereocenters. The molecule has 1 aromatic carbocycles. The number of hydrogen-bond acceptors (Lipinski definition) is 4. The number of furan rings is 1. The standard InChI is InChI=1S/C20H22N2O2/c1-16-9-10-20(24-16)14-22(2)13-17-6-5-8-19(12-17)23-15-18-7-3-4-11-21-18/h3-12H,13-15H2,1-2H3. The minimum Gasteiger partial charge on any atom is -0.487 e. The van der Waals surface area contributed by atoms with E-state index in [1.165, 1.54) is 5.56 Å². The van der Waals surface area contributed by atoms with Crippen molar-refractivity contribution in [1.29, 1.82) is 0 Å². The number of aryl methyl sites for hydroxylation is 1. The molecule has 0 amide bonds. The maximum atomic E-state index is 5.84. The van der Waals surface area contributed by atoms with Gasteiger partial charge in [-0.25, -0.2) is 0 Å². The number of hydrogen-bond donors (Lipinski definition) is 0. The van der Waals surface area contributed by atoms with Crippen LogP contribution in [0.3, 0.4) is 0 Å². The monoisotopic (exact) mass is 322 g/mol. The van der Waals surface area contributed by atoms with Gasteiger partial charge in [-0.3, -0.25) is 9.88 Å². The van der Waals surface area contributed by atoms with Crippen LogP contribution in [0.1, 0.15) is 22.8 Å². The summed E-state index contributed by atoms with van der Waals surface area (Å²) in [5.74, 6) is 2.79. The molecule has 3 aromatic rings. The molecule has 0 aliphatic heterocycles. The molecule has 0 bridgehead atoms. The van der Waals surface area contributed by atoms with Crippen molar-refractivity contribution in [1.82, 2.24) is 9.88 Å². The molecule has 0 saturated carbocycles. The molecule has 2 aromatic heterocycles. The van der Waals surface area contributed by atoms with Crippen molar-refractivity contribution in [2.75, 3.05) is 7.05 Å². The molecule has 124 valence electrons.